The molecular formula is C14H11Cl2FO2. The van der Waals surface area contributed by atoms with Crippen LogP contribution in [0, 0.1) is 5.82 Å². The number of hydrogen-bond donors (Lipinski definition) is 1. The summed E-state index contributed by atoms with van der Waals surface area (Å²) < 4.78 is 18.9. The van der Waals surface area contributed by atoms with Crippen LogP contribution in [-0.2, 0) is 13.2 Å². The highest BCUT2D eigenvalue weighted by Crippen LogP contribution is 2.34. The third-order valence-electron chi connectivity index (χ3n) is 2.57. The highest BCUT2D eigenvalue weighted by molar-refractivity contribution is 6.37. The monoisotopic (exact) mass is 300 g/mol. The number of hydrogen-bond acceptors (Lipinski definition) is 2. The highest BCUT2D eigenvalue weighted by Gasteiger charge is 2.11. The molecule has 0 unspecified atom stereocenters. The van der Waals surface area contributed by atoms with Crippen LogP contribution in [0.2, 0.25) is 10.0 Å². The molecule has 2 rings (SSSR count). The number of benzene rings is 2. The van der Waals surface area contributed by atoms with Gasteiger partial charge in [-0.05, 0) is 23.8 Å². The van der Waals surface area contributed by atoms with E-state index in [0.717, 1.165) is 0 Å². The minimum Gasteiger partial charge on any atom is -0.486 e. The van der Waals surface area contributed by atoms with E-state index in [1.165, 1.54) is 6.07 Å². The van der Waals surface area contributed by atoms with Gasteiger partial charge < -0.3 is 9.84 Å². The summed E-state index contributed by atoms with van der Waals surface area (Å²) in [5, 5.41) is 9.58. The van der Waals surface area contributed by atoms with E-state index < -0.39 is 0 Å². The van der Waals surface area contributed by atoms with Gasteiger partial charge in [-0.1, -0.05) is 41.4 Å². The van der Waals surface area contributed by atoms with E-state index >= 15 is 0 Å². The SMILES string of the molecule is OCc1cc(Cl)c(OCc2ccccc2F)c(Cl)c1. The zero-order valence-electron chi connectivity index (χ0n) is 9.87. The molecule has 5 heteroatoms. The maximum absolute atomic E-state index is 13.4. The molecule has 0 aromatic heterocycles. The van der Waals surface area contributed by atoms with Crippen LogP contribution >= 0.6 is 23.2 Å². The molecular weight excluding hydrogens is 290 g/mol. The number of aliphatic hydroxyl groups excluding tert-OH is 1. The van der Waals surface area contributed by atoms with Gasteiger partial charge in [0.2, 0.25) is 0 Å². The molecule has 0 amide bonds. The molecule has 0 aliphatic rings. The Balaban J connectivity index is 2.18. The second kappa shape index (κ2) is 6.24. The van der Waals surface area contributed by atoms with Gasteiger partial charge in [0, 0.05) is 5.56 Å². The minimum atomic E-state index is -0.346. The van der Waals surface area contributed by atoms with Crippen LogP contribution in [0.5, 0.6) is 5.75 Å². The van der Waals surface area contributed by atoms with Crippen LogP contribution in [-0.4, -0.2) is 5.11 Å². The van der Waals surface area contributed by atoms with Gasteiger partial charge in [0.15, 0.2) is 5.75 Å². The maximum atomic E-state index is 13.4. The van der Waals surface area contributed by atoms with E-state index in [0.29, 0.717) is 11.1 Å². The normalized spacial score (nSPS) is 10.5. The molecule has 0 aliphatic heterocycles. The zero-order chi connectivity index (χ0) is 13.8. The summed E-state index contributed by atoms with van der Waals surface area (Å²) in [7, 11) is 0. The first-order valence-electron chi connectivity index (χ1n) is 5.57. The van der Waals surface area contributed by atoms with E-state index in [1.807, 2.05) is 0 Å². The standard InChI is InChI=1S/C14H11Cl2FO2/c15-11-5-9(7-18)6-12(16)14(11)19-8-10-3-1-2-4-13(10)17/h1-6,18H,7-8H2. The van der Waals surface area contributed by atoms with Gasteiger partial charge in [-0.2, -0.15) is 0 Å². The summed E-state index contributed by atoms with van der Waals surface area (Å²) in [5.74, 6) is -0.0643. The predicted octanol–water partition coefficient (Wildman–Crippen LogP) is 4.20. The molecule has 100 valence electrons. The number of halogens is 3. The van der Waals surface area contributed by atoms with Gasteiger partial charge in [0.05, 0.1) is 16.7 Å². The van der Waals surface area contributed by atoms with Crippen molar-refractivity contribution in [3.05, 3.63) is 63.4 Å². The Bertz CT molecular complexity index is 564. The van der Waals surface area contributed by atoms with Crippen LogP contribution < -0.4 is 4.74 Å². The molecule has 0 heterocycles. The second-order valence-electron chi connectivity index (χ2n) is 3.93. The lowest BCUT2D eigenvalue weighted by Gasteiger charge is -2.11. The van der Waals surface area contributed by atoms with Crippen LogP contribution in [0.3, 0.4) is 0 Å². The molecule has 0 atom stereocenters. The fraction of sp³-hybridized carbons (Fsp3) is 0.143. The Labute approximate surface area is 120 Å². The molecule has 0 bridgehead atoms. The summed E-state index contributed by atoms with van der Waals surface area (Å²) in [6.45, 7) is -0.127. The summed E-state index contributed by atoms with van der Waals surface area (Å²) in [5.41, 5.74) is 1.01. The average molecular weight is 301 g/mol. The molecule has 0 spiro atoms. The molecule has 0 radical (unpaired) electrons. The van der Waals surface area contributed by atoms with Crippen LogP contribution in [0.1, 0.15) is 11.1 Å². The van der Waals surface area contributed by atoms with Crippen molar-refractivity contribution in [1.29, 1.82) is 0 Å². The van der Waals surface area contributed by atoms with Gasteiger partial charge in [-0.15, -0.1) is 0 Å². The fourth-order valence-corrected chi connectivity index (χ4v) is 2.25. The first-order valence-corrected chi connectivity index (χ1v) is 6.32. The predicted molar refractivity (Wildman–Crippen MR) is 73.1 cm³/mol. The van der Waals surface area contributed by atoms with E-state index in [1.54, 1.807) is 30.3 Å². The van der Waals surface area contributed by atoms with E-state index in [2.05, 4.69) is 0 Å². The Morgan fingerprint density at radius 1 is 1.11 bits per heavy atom. The van der Waals surface area contributed by atoms with Crippen molar-refractivity contribution in [2.45, 2.75) is 13.2 Å². The lowest BCUT2D eigenvalue weighted by atomic mass is 10.2. The first kappa shape index (κ1) is 14.1. The van der Waals surface area contributed by atoms with Crippen LogP contribution in [0.4, 0.5) is 4.39 Å². The van der Waals surface area contributed by atoms with Gasteiger partial charge in [0.25, 0.3) is 0 Å². The molecule has 0 saturated heterocycles. The first-order chi connectivity index (χ1) is 9.11. The third-order valence-corrected chi connectivity index (χ3v) is 3.13. The van der Waals surface area contributed by atoms with E-state index in [4.69, 9.17) is 33.0 Å². The topological polar surface area (TPSA) is 29.5 Å². The van der Waals surface area contributed by atoms with Crippen molar-refractivity contribution in [3.63, 3.8) is 0 Å². The number of rotatable bonds is 4. The van der Waals surface area contributed by atoms with Crippen LogP contribution in [0.15, 0.2) is 36.4 Å². The van der Waals surface area contributed by atoms with Gasteiger partial charge >= 0.3 is 0 Å². The molecule has 0 fully saturated rings. The van der Waals surface area contributed by atoms with Crippen LogP contribution in [0.25, 0.3) is 0 Å². The minimum absolute atomic E-state index is 0.0323. The Morgan fingerprint density at radius 3 is 2.32 bits per heavy atom. The molecule has 2 nitrogen and oxygen atoms in total. The summed E-state index contributed by atoms with van der Waals surface area (Å²) in [6.07, 6.45) is 0. The van der Waals surface area contributed by atoms with Crippen molar-refractivity contribution in [2.24, 2.45) is 0 Å². The molecule has 19 heavy (non-hydrogen) atoms. The van der Waals surface area contributed by atoms with Gasteiger partial charge in [0.1, 0.15) is 12.4 Å². The Hall–Kier alpha value is -1.29. The summed E-state index contributed by atoms with van der Waals surface area (Å²) in [4.78, 5) is 0. The number of ether oxygens (including phenoxy) is 1. The van der Waals surface area contributed by atoms with E-state index in [9.17, 15) is 4.39 Å². The van der Waals surface area contributed by atoms with Gasteiger partial charge in [-0.25, -0.2) is 4.39 Å². The maximum Gasteiger partial charge on any atom is 0.156 e. The third kappa shape index (κ3) is 3.38. The average Bonchev–Trinajstić information content (AvgIpc) is 2.39. The zero-order valence-corrected chi connectivity index (χ0v) is 11.4. The lowest BCUT2D eigenvalue weighted by Crippen LogP contribution is -1.99. The Kier molecular flexibility index (Phi) is 4.64. The summed E-state index contributed by atoms with van der Waals surface area (Å²) >= 11 is 12.0. The van der Waals surface area contributed by atoms with Crippen molar-refractivity contribution in [3.8, 4) is 5.75 Å². The number of aliphatic hydroxyl groups is 1. The van der Waals surface area contributed by atoms with Crippen molar-refractivity contribution >= 4 is 23.2 Å². The lowest BCUT2D eigenvalue weighted by molar-refractivity contribution is 0.280. The summed E-state index contributed by atoms with van der Waals surface area (Å²) in [6, 6.07) is 9.43. The molecule has 0 aliphatic carbocycles. The van der Waals surface area contributed by atoms with Crippen molar-refractivity contribution < 1.29 is 14.2 Å². The van der Waals surface area contributed by atoms with Gasteiger partial charge in [-0.3, -0.25) is 0 Å². The highest BCUT2D eigenvalue weighted by atomic mass is 35.5. The largest absolute Gasteiger partial charge is 0.486 e. The van der Waals surface area contributed by atoms with E-state index in [-0.39, 0.29) is 34.8 Å². The van der Waals surface area contributed by atoms with Crippen molar-refractivity contribution in [2.75, 3.05) is 0 Å². The quantitative estimate of drug-likeness (QED) is 0.917. The van der Waals surface area contributed by atoms with Crippen molar-refractivity contribution in [1.82, 2.24) is 0 Å². The molecule has 2 aromatic carbocycles. The molecule has 2 aromatic rings. The fourth-order valence-electron chi connectivity index (χ4n) is 1.61. The second-order valence-corrected chi connectivity index (χ2v) is 4.74. The molecule has 1 N–H and O–H groups in total. The Morgan fingerprint density at radius 2 is 1.74 bits per heavy atom. The molecule has 0 saturated carbocycles. The smallest absolute Gasteiger partial charge is 0.156 e.